The van der Waals surface area contributed by atoms with Gasteiger partial charge in [0.15, 0.2) is 23.0 Å². The number of hydrogen-bond acceptors (Lipinski definition) is 6. The number of rotatable bonds is 12. The minimum Gasteiger partial charge on any atom is -0.493 e. The number of aryl methyl sites for hydroxylation is 1. The van der Waals surface area contributed by atoms with Gasteiger partial charge in [0.1, 0.15) is 0 Å². The van der Waals surface area contributed by atoms with Crippen LogP contribution in [0.4, 0.5) is 0 Å². The Balaban J connectivity index is 0.00000481. The van der Waals surface area contributed by atoms with E-state index in [4.69, 9.17) is 18.9 Å². The van der Waals surface area contributed by atoms with Gasteiger partial charge in [-0.05, 0) is 101 Å². The van der Waals surface area contributed by atoms with Crippen LogP contribution in [-0.2, 0) is 11.8 Å². The molecule has 0 aromatic heterocycles. The monoisotopic (exact) mass is 530 g/mol. The van der Waals surface area contributed by atoms with Crippen molar-refractivity contribution < 1.29 is 18.9 Å². The fraction of sp³-hybridized carbons (Fsp3) is 0.567. The molecule has 0 bridgehead atoms. The fourth-order valence-corrected chi connectivity index (χ4v) is 5.55. The van der Waals surface area contributed by atoms with E-state index in [-0.39, 0.29) is 12.4 Å². The third-order valence-corrected chi connectivity index (χ3v) is 7.67. The van der Waals surface area contributed by atoms with E-state index in [9.17, 15) is 5.26 Å². The van der Waals surface area contributed by atoms with Gasteiger partial charge in [-0.2, -0.15) is 5.26 Å². The number of hydrogen-bond donors (Lipinski definition) is 0. The van der Waals surface area contributed by atoms with Gasteiger partial charge in [-0.15, -0.1) is 12.4 Å². The van der Waals surface area contributed by atoms with Crippen molar-refractivity contribution in [1.29, 1.82) is 5.26 Å². The zero-order valence-electron chi connectivity index (χ0n) is 23.2. The second-order valence-corrected chi connectivity index (χ2v) is 9.97. The van der Waals surface area contributed by atoms with Gasteiger partial charge in [0.05, 0.1) is 39.9 Å². The van der Waals surface area contributed by atoms with Crippen molar-refractivity contribution in [2.24, 2.45) is 0 Å². The van der Waals surface area contributed by atoms with Crippen molar-refractivity contribution in [2.75, 3.05) is 35.0 Å². The lowest BCUT2D eigenvalue weighted by atomic mass is 9.69. The summed E-state index contributed by atoms with van der Waals surface area (Å²) in [6, 6.07) is 15.8. The highest BCUT2D eigenvalue weighted by atomic mass is 35.5. The number of ether oxygens (including phenoxy) is 4. The predicted octanol–water partition coefficient (Wildman–Crippen LogP) is 6.58. The Kier molecular flexibility index (Phi) is 11.9. The van der Waals surface area contributed by atoms with E-state index < -0.39 is 5.41 Å². The van der Waals surface area contributed by atoms with Crippen LogP contribution in [0.15, 0.2) is 36.4 Å². The highest BCUT2D eigenvalue weighted by Crippen LogP contribution is 2.43. The van der Waals surface area contributed by atoms with E-state index in [0.717, 1.165) is 68.6 Å². The lowest BCUT2D eigenvalue weighted by Gasteiger charge is -2.42. The summed E-state index contributed by atoms with van der Waals surface area (Å²) in [6.45, 7) is 5.65. The molecule has 1 aliphatic carbocycles. The van der Waals surface area contributed by atoms with Gasteiger partial charge < -0.3 is 18.9 Å². The van der Waals surface area contributed by atoms with Crippen LogP contribution in [0.3, 0.4) is 0 Å². The van der Waals surface area contributed by atoms with Crippen LogP contribution >= 0.6 is 12.4 Å². The first-order valence-corrected chi connectivity index (χ1v) is 13.0. The smallest absolute Gasteiger partial charge is 0.161 e. The molecule has 0 spiro atoms. The second kappa shape index (κ2) is 14.4. The highest BCUT2D eigenvalue weighted by molar-refractivity contribution is 5.85. The van der Waals surface area contributed by atoms with Crippen molar-refractivity contribution in [3.63, 3.8) is 0 Å². The van der Waals surface area contributed by atoms with Gasteiger partial charge in [0.25, 0.3) is 0 Å². The zero-order chi connectivity index (χ0) is 26.1. The lowest BCUT2D eigenvalue weighted by molar-refractivity contribution is 0.104. The van der Waals surface area contributed by atoms with Crippen LogP contribution in [0.2, 0.25) is 0 Å². The maximum absolute atomic E-state index is 10.2. The van der Waals surface area contributed by atoms with E-state index in [2.05, 4.69) is 36.9 Å². The molecule has 0 radical (unpaired) electrons. The predicted molar refractivity (Wildman–Crippen MR) is 151 cm³/mol. The molecule has 7 heteroatoms. The van der Waals surface area contributed by atoms with Gasteiger partial charge in [-0.1, -0.05) is 12.1 Å². The molecule has 1 saturated carbocycles. The van der Waals surface area contributed by atoms with Gasteiger partial charge in [-0.3, -0.25) is 4.90 Å². The van der Waals surface area contributed by atoms with Crippen molar-refractivity contribution in [3.05, 3.63) is 47.5 Å². The summed E-state index contributed by atoms with van der Waals surface area (Å²) in [7, 11) is 6.62. The maximum Gasteiger partial charge on any atom is 0.161 e. The quantitative estimate of drug-likeness (QED) is 0.289. The molecule has 2 aromatic rings. The molecule has 2 aromatic carbocycles. The summed E-state index contributed by atoms with van der Waals surface area (Å²) in [6.07, 6.45) is 7.05. The first kappa shape index (κ1) is 30.6. The Morgan fingerprint density at radius 3 is 1.97 bits per heavy atom. The van der Waals surface area contributed by atoms with Crippen LogP contribution < -0.4 is 18.9 Å². The summed E-state index contributed by atoms with van der Waals surface area (Å²) in [4.78, 5) is 2.64. The summed E-state index contributed by atoms with van der Waals surface area (Å²) in [5.41, 5.74) is 1.84. The molecule has 0 saturated heterocycles. The van der Waals surface area contributed by atoms with Crippen LogP contribution in [0.1, 0.15) is 63.5 Å². The number of nitriles is 1. The molecule has 0 N–H and O–H groups in total. The summed E-state index contributed by atoms with van der Waals surface area (Å²) in [5.74, 6) is 2.94. The molecule has 204 valence electrons. The summed E-state index contributed by atoms with van der Waals surface area (Å²) >= 11 is 0. The average molecular weight is 531 g/mol. The first-order chi connectivity index (χ1) is 17.4. The molecular weight excluding hydrogens is 488 g/mol. The summed E-state index contributed by atoms with van der Waals surface area (Å²) in [5, 5.41) is 10.2. The van der Waals surface area contributed by atoms with E-state index in [1.807, 2.05) is 24.3 Å². The van der Waals surface area contributed by atoms with Gasteiger partial charge >= 0.3 is 0 Å². The molecule has 3 rings (SSSR count). The third-order valence-electron chi connectivity index (χ3n) is 7.67. The normalized spacial score (nSPS) is 19.2. The van der Waals surface area contributed by atoms with E-state index in [1.165, 1.54) is 5.56 Å². The molecule has 37 heavy (non-hydrogen) atoms. The average Bonchev–Trinajstić information content (AvgIpc) is 2.92. The molecule has 0 unspecified atom stereocenters. The van der Waals surface area contributed by atoms with Gasteiger partial charge in [-0.25, -0.2) is 0 Å². The minimum atomic E-state index is -0.466. The van der Waals surface area contributed by atoms with Crippen molar-refractivity contribution in [3.8, 4) is 29.1 Å². The van der Waals surface area contributed by atoms with E-state index in [0.29, 0.717) is 23.6 Å². The van der Waals surface area contributed by atoms with Crippen LogP contribution in [0.25, 0.3) is 0 Å². The number of unbranched alkanes of at least 4 members (excludes halogenated alkanes) is 1. The number of nitrogens with zero attached hydrogens (tertiary/aromatic N) is 2. The van der Waals surface area contributed by atoms with Crippen molar-refractivity contribution in [1.82, 2.24) is 4.90 Å². The number of benzene rings is 2. The lowest BCUT2D eigenvalue weighted by Crippen LogP contribution is -2.45. The van der Waals surface area contributed by atoms with E-state index in [1.54, 1.807) is 28.4 Å². The topological polar surface area (TPSA) is 64.0 Å². The van der Waals surface area contributed by atoms with Gasteiger partial charge in [0.2, 0.25) is 0 Å². The first-order valence-electron chi connectivity index (χ1n) is 13.0. The molecule has 6 nitrogen and oxygen atoms in total. The Morgan fingerprint density at radius 2 is 1.43 bits per heavy atom. The zero-order valence-corrected chi connectivity index (χ0v) is 24.0. The molecule has 1 aliphatic rings. The standard InChI is InChI=1S/C30H42N2O4.ClH/c1-22(2)32(18-8-7-9-23-10-12-26(33-3)28(19-23)35-5)25-14-16-30(21-31,17-15-25)24-11-13-27(34-4)29(20-24)36-6;/h10-13,19-20,22,25H,7-9,14-18H2,1-6H3;1H. The SMILES string of the molecule is COc1ccc(CCCCN(C(C)C)C2CCC(C#N)(c3ccc(OC)c(OC)c3)CC2)cc1OC.Cl. The molecule has 0 heterocycles. The maximum atomic E-state index is 10.2. The molecule has 0 amide bonds. The number of halogens is 1. The fourth-order valence-electron chi connectivity index (χ4n) is 5.55. The highest BCUT2D eigenvalue weighted by Gasteiger charge is 2.39. The van der Waals surface area contributed by atoms with E-state index >= 15 is 0 Å². The van der Waals surface area contributed by atoms with Crippen LogP contribution in [0.5, 0.6) is 23.0 Å². The minimum absolute atomic E-state index is 0. The Labute approximate surface area is 229 Å². The molecular formula is C30H43ClN2O4. The van der Waals surface area contributed by atoms with Crippen LogP contribution in [0, 0.1) is 11.3 Å². The largest absolute Gasteiger partial charge is 0.493 e. The number of methoxy groups -OCH3 is 4. The van der Waals surface area contributed by atoms with Crippen molar-refractivity contribution >= 4 is 12.4 Å². The molecule has 1 fully saturated rings. The molecule has 0 aliphatic heterocycles. The molecule has 0 atom stereocenters. The van der Waals surface area contributed by atoms with Gasteiger partial charge in [0, 0.05) is 12.1 Å². The summed E-state index contributed by atoms with van der Waals surface area (Å²) < 4.78 is 21.7. The van der Waals surface area contributed by atoms with Crippen molar-refractivity contribution in [2.45, 2.75) is 76.3 Å². The third kappa shape index (κ3) is 7.24. The Morgan fingerprint density at radius 1 is 0.865 bits per heavy atom. The Bertz CT molecular complexity index is 1030. The second-order valence-electron chi connectivity index (χ2n) is 9.97. The van der Waals surface area contributed by atoms with Crippen LogP contribution in [-0.4, -0.2) is 52.0 Å². The Hall–Kier alpha value is -2.62.